The van der Waals surface area contributed by atoms with Gasteiger partial charge >= 0.3 is 17.9 Å². The number of hydrogen-bond donors (Lipinski definition) is 0. The van der Waals surface area contributed by atoms with Gasteiger partial charge in [-0.1, -0.05) is 248 Å². The number of esters is 3. The molecule has 1 atom stereocenters. The van der Waals surface area contributed by atoms with Crippen molar-refractivity contribution in [2.24, 2.45) is 0 Å². The van der Waals surface area contributed by atoms with Crippen LogP contribution in [-0.2, 0) is 28.6 Å². The summed E-state index contributed by atoms with van der Waals surface area (Å²) in [5.74, 6) is -0.977. The molecule has 0 bridgehead atoms. The molecule has 0 heterocycles. The van der Waals surface area contributed by atoms with Crippen molar-refractivity contribution in [3.05, 3.63) is 72.9 Å². The number of carbonyl (C=O) groups excluding carboxylic acids is 3. The van der Waals surface area contributed by atoms with Gasteiger partial charge in [0.1, 0.15) is 13.2 Å². The molecule has 0 aromatic rings. The number of ether oxygens (including phenoxy) is 3. The van der Waals surface area contributed by atoms with Crippen LogP contribution in [-0.4, -0.2) is 37.2 Å². The minimum absolute atomic E-state index is 0.0952. The van der Waals surface area contributed by atoms with Crippen molar-refractivity contribution in [2.75, 3.05) is 13.2 Å². The lowest BCUT2D eigenvalue weighted by atomic mass is 10.0. The summed E-state index contributed by atoms with van der Waals surface area (Å²) in [5, 5.41) is 0. The quantitative estimate of drug-likeness (QED) is 0.0262. The van der Waals surface area contributed by atoms with E-state index >= 15 is 0 Å². The van der Waals surface area contributed by atoms with Gasteiger partial charge in [-0.05, 0) is 57.8 Å². The Bertz CT molecular complexity index is 1190. The first-order valence-electron chi connectivity index (χ1n) is 26.4. The summed E-state index contributed by atoms with van der Waals surface area (Å²) in [6.45, 7) is 6.47. The zero-order chi connectivity index (χ0) is 45.8. The van der Waals surface area contributed by atoms with E-state index in [4.69, 9.17) is 14.2 Å². The van der Waals surface area contributed by atoms with Crippen molar-refractivity contribution >= 4 is 17.9 Å². The SMILES string of the molecule is CC/C=C\C/C=C\C/C=C\C/C=C\C/C=C\C/C=C\CCC(=O)OC[C@@H](COC(=O)CCCCCCCCCCCCCCC)OC(=O)CCCCCCCCCCCCCCC. The van der Waals surface area contributed by atoms with Crippen LogP contribution < -0.4 is 0 Å². The standard InChI is InChI=1S/C57H98O6/c1-4-7-10-13-16-19-22-25-26-27-28-29-30-33-35-38-41-44-47-50-56(59)62-53-54(63-57(60)51-48-45-42-39-36-32-24-21-18-15-12-9-6-3)52-61-55(58)49-46-43-40-37-34-31-23-20-17-14-11-8-5-2/h7,10,16,19,25-26,28-29,33,35,41,44,54H,4-6,8-9,11-15,17-18,20-24,27,30-32,34,36-40,42-43,45-53H2,1-3H3/b10-7-,19-16-,26-25-,29-28-,35-33-,44-41-/t54-/m1/s1. The normalized spacial score (nSPS) is 12.6. The first kappa shape index (κ1) is 59.9. The van der Waals surface area contributed by atoms with E-state index in [0.717, 1.165) is 77.0 Å². The van der Waals surface area contributed by atoms with E-state index in [1.807, 2.05) is 6.08 Å². The van der Waals surface area contributed by atoms with Gasteiger partial charge in [0.05, 0.1) is 0 Å². The highest BCUT2D eigenvalue weighted by Gasteiger charge is 2.19. The molecule has 0 N–H and O–H groups in total. The van der Waals surface area contributed by atoms with Crippen LogP contribution in [0, 0.1) is 0 Å². The molecule has 362 valence electrons. The Balaban J connectivity index is 4.47. The first-order valence-corrected chi connectivity index (χ1v) is 26.4. The molecule has 6 heteroatoms. The largest absolute Gasteiger partial charge is 0.462 e. The fourth-order valence-electron chi connectivity index (χ4n) is 7.29. The molecule has 0 fully saturated rings. The molecule has 0 unspecified atom stereocenters. The van der Waals surface area contributed by atoms with Gasteiger partial charge in [-0.25, -0.2) is 0 Å². The number of carbonyl (C=O) groups is 3. The average Bonchev–Trinajstić information content (AvgIpc) is 3.28. The van der Waals surface area contributed by atoms with Gasteiger partial charge in [0.2, 0.25) is 0 Å². The molecular formula is C57H98O6. The average molecular weight is 879 g/mol. The Hall–Kier alpha value is -3.15. The highest BCUT2D eigenvalue weighted by molar-refractivity contribution is 5.71. The van der Waals surface area contributed by atoms with Crippen LogP contribution in [0.2, 0.25) is 0 Å². The van der Waals surface area contributed by atoms with Crippen LogP contribution in [0.3, 0.4) is 0 Å². The highest BCUT2D eigenvalue weighted by atomic mass is 16.6. The number of hydrogen-bond acceptors (Lipinski definition) is 6. The second-order valence-electron chi connectivity index (χ2n) is 17.4. The van der Waals surface area contributed by atoms with Crippen molar-refractivity contribution < 1.29 is 28.6 Å². The fourth-order valence-corrected chi connectivity index (χ4v) is 7.29. The van der Waals surface area contributed by atoms with Gasteiger partial charge in [0.25, 0.3) is 0 Å². The van der Waals surface area contributed by atoms with E-state index in [1.54, 1.807) is 0 Å². The Morgan fingerprint density at radius 2 is 0.619 bits per heavy atom. The topological polar surface area (TPSA) is 78.9 Å². The zero-order valence-corrected chi connectivity index (χ0v) is 41.3. The molecular weight excluding hydrogens is 781 g/mol. The molecule has 0 saturated carbocycles. The maximum atomic E-state index is 12.8. The molecule has 0 aromatic heterocycles. The number of allylic oxidation sites excluding steroid dienone is 12. The van der Waals surface area contributed by atoms with Crippen molar-refractivity contribution in [1.29, 1.82) is 0 Å². The van der Waals surface area contributed by atoms with Crippen LogP contribution >= 0.6 is 0 Å². The third kappa shape index (κ3) is 49.7. The van der Waals surface area contributed by atoms with Crippen LogP contribution in [0.25, 0.3) is 0 Å². The molecule has 63 heavy (non-hydrogen) atoms. The van der Waals surface area contributed by atoms with E-state index in [1.165, 1.54) is 128 Å². The van der Waals surface area contributed by atoms with Gasteiger partial charge in [0.15, 0.2) is 6.10 Å². The smallest absolute Gasteiger partial charge is 0.306 e. The Morgan fingerprint density at radius 3 is 0.968 bits per heavy atom. The summed E-state index contributed by atoms with van der Waals surface area (Å²) in [7, 11) is 0. The summed E-state index contributed by atoms with van der Waals surface area (Å²) in [5.41, 5.74) is 0. The molecule has 0 rings (SSSR count). The van der Waals surface area contributed by atoms with Gasteiger partial charge in [0, 0.05) is 19.3 Å². The van der Waals surface area contributed by atoms with Gasteiger partial charge in [-0.3, -0.25) is 14.4 Å². The third-order valence-electron chi connectivity index (χ3n) is 11.2. The first-order chi connectivity index (χ1) is 31.0. The zero-order valence-electron chi connectivity index (χ0n) is 41.3. The molecule has 0 saturated heterocycles. The molecule has 0 aromatic carbocycles. The second-order valence-corrected chi connectivity index (χ2v) is 17.4. The fraction of sp³-hybridized carbons (Fsp3) is 0.737. The molecule has 0 aliphatic carbocycles. The minimum Gasteiger partial charge on any atom is -0.462 e. The van der Waals surface area contributed by atoms with E-state index in [-0.39, 0.29) is 37.5 Å². The highest BCUT2D eigenvalue weighted by Crippen LogP contribution is 2.15. The van der Waals surface area contributed by atoms with E-state index in [9.17, 15) is 14.4 Å². The maximum Gasteiger partial charge on any atom is 0.306 e. The lowest BCUT2D eigenvalue weighted by molar-refractivity contribution is -0.166. The van der Waals surface area contributed by atoms with Gasteiger partial charge in [-0.15, -0.1) is 0 Å². The molecule has 6 nitrogen and oxygen atoms in total. The van der Waals surface area contributed by atoms with Crippen molar-refractivity contribution in [3.8, 4) is 0 Å². The predicted molar refractivity (Wildman–Crippen MR) is 270 cm³/mol. The lowest BCUT2D eigenvalue weighted by Crippen LogP contribution is -2.30. The third-order valence-corrected chi connectivity index (χ3v) is 11.2. The van der Waals surface area contributed by atoms with Crippen LogP contribution in [0.1, 0.15) is 252 Å². The van der Waals surface area contributed by atoms with E-state index in [0.29, 0.717) is 19.3 Å². The Labute approximate surface area is 389 Å². The lowest BCUT2D eigenvalue weighted by Gasteiger charge is -2.18. The Kier molecular flexibility index (Phi) is 48.9. The minimum atomic E-state index is -0.801. The molecule has 0 amide bonds. The van der Waals surface area contributed by atoms with Gasteiger partial charge in [-0.2, -0.15) is 0 Å². The van der Waals surface area contributed by atoms with Crippen LogP contribution in [0.4, 0.5) is 0 Å². The maximum absolute atomic E-state index is 12.8. The van der Waals surface area contributed by atoms with Crippen LogP contribution in [0.15, 0.2) is 72.9 Å². The van der Waals surface area contributed by atoms with Crippen molar-refractivity contribution in [2.45, 2.75) is 258 Å². The Morgan fingerprint density at radius 1 is 0.333 bits per heavy atom. The number of rotatable bonds is 47. The molecule has 0 radical (unpaired) electrons. The summed E-state index contributed by atoms with van der Waals surface area (Å²) in [6.07, 6.45) is 64.7. The summed E-state index contributed by atoms with van der Waals surface area (Å²) >= 11 is 0. The van der Waals surface area contributed by atoms with E-state index in [2.05, 4.69) is 87.6 Å². The van der Waals surface area contributed by atoms with Crippen molar-refractivity contribution in [3.63, 3.8) is 0 Å². The monoisotopic (exact) mass is 879 g/mol. The summed E-state index contributed by atoms with van der Waals surface area (Å²) in [6, 6.07) is 0. The second kappa shape index (κ2) is 51.5. The molecule has 0 spiro atoms. The molecule has 0 aliphatic rings. The van der Waals surface area contributed by atoms with E-state index < -0.39 is 6.10 Å². The summed E-state index contributed by atoms with van der Waals surface area (Å²) in [4.78, 5) is 37.9. The number of unbranched alkanes of at least 4 members (excludes halogenated alkanes) is 24. The molecule has 0 aliphatic heterocycles. The van der Waals surface area contributed by atoms with Gasteiger partial charge < -0.3 is 14.2 Å². The predicted octanol–water partition coefficient (Wildman–Crippen LogP) is 17.4. The van der Waals surface area contributed by atoms with Crippen LogP contribution in [0.5, 0.6) is 0 Å². The summed E-state index contributed by atoms with van der Waals surface area (Å²) < 4.78 is 16.7. The van der Waals surface area contributed by atoms with Crippen molar-refractivity contribution in [1.82, 2.24) is 0 Å².